The van der Waals surface area contributed by atoms with E-state index in [1.54, 1.807) is 30.3 Å². The Hall–Kier alpha value is -3.19. The Labute approximate surface area is 291 Å². The normalized spacial score (nSPS) is 30.3. The lowest BCUT2D eigenvalue weighted by atomic mass is 9.56. The van der Waals surface area contributed by atoms with Crippen molar-refractivity contribution in [3.8, 4) is 11.5 Å². The first-order valence-electron chi connectivity index (χ1n) is 14.3. The number of anilines is 2. The molecular formula is C33H23Cl3FIN2O6. The number of phenolic OH excluding ortho intramolecular Hbond substituents is 1. The van der Waals surface area contributed by atoms with Crippen molar-refractivity contribution in [2.45, 2.75) is 28.5 Å². The first-order chi connectivity index (χ1) is 21.8. The predicted octanol–water partition coefficient (Wildman–Crippen LogP) is 6.57. The Morgan fingerprint density at radius 3 is 2.20 bits per heavy atom. The number of nitrogens with zero attached hydrogens (tertiary/aromatic N) is 2. The van der Waals surface area contributed by atoms with E-state index in [0.29, 0.717) is 25.4 Å². The van der Waals surface area contributed by atoms with E-state index < -0.39 is 62.9 Å². The van der Waals surface area contributed by atoms with Crippen LogP contribution in [0.15, 0.2) is 72.3 Å². The summed E-state index contributed by atoms with van der Waals surface area (Å²) in [5.41, 5.74) is 1.44. The number of alkyl halides is 2. The van der Waals surface area contributed by atoms with E-state index in [1.165, 1.54) is 25.3 Å². The molecule has 6 atom stereocenters. The number of hydrogen-bond donors (Lipinski definition) is 1. The van der Waals surface area contributed by atoms with Crippen LogP contribution in [0.1, 0.15) is 24.3 Å². The van der Waals surface area contributed by atoms with E-state index in [9.17, 15) is 28.7 Å². The van der Waals surface area contributed by atoms with Crippen LogP contribution in [0.3, 0.4) is 0 Å². The standard InChI is InChI=1S/C33H23Cl3FIN2O6/c1-46-24-13-15(12-23(38)27(24)41)26-20-10-11-21-25(29(43)39(28(21)42)18-6-2-16(34)3-7-18)22(20)14-32(35)30(44)40(31(45)33(26,32)36)19-8-4-17(37)5-9-19/h2-10,12-13,21-22,25-26,41H,11,14H2,1H3/t21-,22+,25-,26-,32+,33-/m0/s1. The topological polar surface area (TPSA) is 104 Å². The maximum absolute atomic E-state index is 14.5. The molecule has 3 aromatic rings. The van der Waals surface area contributed by atoms with E-state index in [0.717, 1.165) is 21.9 Å². The van der Waals surface area contributed by atoms with E-state index in [-0.39, 0.29) is 30.0 Å². The van der Waals surface area contributed by atoms with Crippen molar-refractivity contribution in [1.82, 2.24) is 0 Å². The van der Waals surface area contributed by atoms with Crippen LogP contribution in [0.2, 0.25) is 5.02 Å². The number of methoxy groups -OCH3 is 1. The van der Waals surface area contributed by atoms with Crippen LogP contribution in [-0.2, 0) is 19.2 Å². The van der Waals surface area contributed by atoms with Gasteiger partial charge < -0.3 is 9.84 Å². The lowest BCUT2D eigenvalue weighted by Gasteiger charge is -2.50. The number of carbonyl (C=O) groups is 4. The number of imide groups is 2. The van der Waals surface area contributed by atoms with Gasteiger partial charge >= 0.3 is 0 Å². The summed E-state index contributed by atoms with van der Waals surface area (Å²) in [5.74, 6) is -6.56. The highest BCUT2D eigenvalue weighted by Crippen LogP contribution is 2.66. The molecule has 3 fully saturated rings. The van der Waals surface area contributed by atoms with Crippen LogP contribution in [-0.4, -0.2) is 45.6 Å². The number of ether oxygens (including phenoxy) is 1. The minimum Gasteiger partial charge on any atom is -0.504 e. The summed E-state index contributed by atoms with van der Waals surface area (Å²) in [6.07, 6.45) is 1.78. The molecule has 3 aromatic carbocycles. The van der Waals surface area contributed by atoms with E-state index in [1.807, 2.05) is 28.7 Å². The number of fused-ring (bicyclic) bond motifs is 4. The average molecular weight is 796 g/mol. The molecular weight excluding hydrogens is 773 g/mol. The van der Waals surface area contributed by atoms with Crippen molar-refractivity contribution in [3.63, 3.8) is 0 Å². The molecule has 13 heteroatoms. The van der Waals surface area contributed by atoms with Crippen molar-refractivity contribution in [2.24, 2.45) is 17.8 Å². The Morgan fingerprint density at radius 1 is 0.913 bits per heavy atom. The number of aromatic hydroxyl groups is 1. The average Bonchev–Trinajstić information content (AvgIpc) is 3.37. The fourth-order valence-electron chi connectivity index (χ4n) is 7.53. The highest BCUT2D eigenvalue weighted by molar-refractivity contribution is 14.1. The third-order valence-corrected chi connectivity index (χ3v) is 12.1. The molecule has 4 aliphatic rings. The maximum atomic E-state index is 14.5. The van der Waals surface area contributed by atoms with Crippen LogP contribution < -0.4 is 14.5 Å². The zero-order chi connectivity index (χ0) is 32.9. The fourth-order valence-corrected chi connectivity index (χ4v) is 9.22. The van der Waals surface area contributed by atoms with E-state index in [2.05, 4.69) is 0 Å². The van der Waals surface area contributed by atoms with Crippen molar-refractivity contribution in [1.29, 1.82) is 0 Å². The molecule has 7 rings (SSSR count). The van der Waals surface area contributed by atoms with Gasteiger partial charge in [0.1, 0.15) is 5.82 Å². The van der Waals surface area contributed by atoms with Gasteiger partial charge in [0, 0.05) is 10.9 Å². The van der Waals surface area contributed by atoms with Gasteiger partial charge in [0.2, 0.25) is 11.8 Å². The van der Waals surface area contributed by atoms with Gasteiger partial charge in [0.25, 0.3) is 11.8 Å². The summed E-state index contributed by atoms with van der Waals surface area (Å²) in [6.45, 7) is 0. The summed E-state index contributed by atoms with van der Waals surface area (Å²) < 4.78 is 19.7. The largest absolute Gasteiger partial charge is 0.504 e. The third kappa shape index (κ3) is 4.22. The Balaban J connectivity index is 1.42. The molecule has 1 saturated carbocycles. The van der Waals surface area contributed by atoms with Crippen LogP contribution in [0.4, 0.5) is 15.8 Å². The molecule has 2 heterocycles. The van der Waals surface area contributed by atoms with E-state index in [4.69, 9.17) is 39.5 Å². The highest BCUT2D eigenvalue weighted by Gasteiger charge is 2.76. The van der Waals surface area contributed by atoms with Crippen molar-refractivity contribution >= 4 is 92.4 Å². The Morgan fingerprint density at radius 2 is 1.54 bits per heavy atom. The SMILES string of the molecule is COc1cc([C@H]2C3=CC[C@@H]4C(=O)N(c5ccc(Cl)cc5)C(=O)[C@@H]4[C@@H]3C[C@@]3(Cl)C(=O)N(c4ccc(F)cc4)C(=O)[C@@]23Cl)cc(I)c1O. The van der Waals surface area contributed by atoms with Crippen molar-refractivity contribution < 1.29 is 33.4 Å². The fraction of sp³-hybridized carbons (Fsp3) is 0.273. The van der Waals surface area contributed by atoms with Crippen molar-refractivity contribution in [3.05, 3.63) is 92.3 Å². The Bertz CT molecular complexity index is 1890. The van der Waals surface area contributed by atoms with E-state index >= 15 is 0 Å². The van der Waals surface area contributed by atoms with Crippen LogP contribution >= 0.6 is 57.4 Å². The molecule has 0 spiro atoms. The first kappa shape index (κ1) is 31.4. The number of allylic oxidation sites excluding steroid dienone is 2. The number of rotatable bonds is 4. The number of amides is 4. The smallest absolute Gasteiger partial charge is 0.258 e. The quantitative estimate of drug-likeness (QED) is 0.139. The second-order valence-corrected chi connectivity index (χ2v) is 14.6. The predicted molar refractivity (Wildman–Crippen MR) is 178 cm³/mol. The van der Waals surface area contributed by atoms with Crippen LogP contribution in [0.5, 0.6) is 11.5 Å². The van der Waals surface area contributed by atoms with Gasteiger partial charge in [-0.3, -0.25) is 24.1 Å². The Kier molecular flexibility index (Phi) is 7.46. The molecule has 0 unspecified atom stereocenters. The van der Waals surface area contributed by atoms with Gasteiger partial charge in [-0.15, -0.1) is 23.2 Å². The van der Waals surface area contributed by atoms with Crippen molar-refractivity contribution in [2.75, 3.05) is 16.9 Å². The second-order valence-electron chi connectivity index (χ2n) is 11.8. The lowest BCUT2D eigenvalue weighted by Crippen LogP contribution is -2.60. The lowest BCUT2D eigenvalue weighted by molar-refractivity contribution is -0.125. The van der Waals surface area contributed by atoms with Gasteiger partial charge in [0.15, 0.2) is 21.2 Å². The van der Waals surface area contributed by atoms with Crippen LogP contribution in [0.25, 0.3) is 0 Å². The molecule has 236 valence electrons. The maximum Gasteiger partial charge on any atom is 0.258 e. The molecule has 2 aliphatic carbocycles. The first-order valence-corrected chi connectivity index (χ1v) is 16.5. The summed E-state index contributed by atoms with van der Waals surface area (Å²) in [5, 5.41) is 11.1. The van der Waals surface area contributed by atoms with Gasteiger partial charge in [-0.2, -0.15) is 0 Å². The monoisotopic (exact) mass is 794 g/mol. The molecule has 1 N–H and O–H groups in total. The minimum atomic E-state index is -2.11. The second kappa shape index (κ2) is 10.9. The summed E-state index contributed by atoms with van der Waals surface area (Å²) in [4.78, 5) is 54.6. The summed E-state index contributed by atoms with van der Waals surface area (Å²) in [6, 6.07) is 14.3. The minimum absolute atomic E-state index is 0.0818. The zero-order valence-corrected chi connectivity index (χ0v) is 28.3. The molecule has 46 heavy (non-hydrogen) atoms. The zero-order valence-electron chi connectivity index (χ0n) is 23.8. The van der Waals surface area contributed by atoms with Gasteiger partial charge in [0.05, 0.1) is 33.9 Å². The molecule has 4 amide bonds. The number of carbonyl (C=O) groups excluding carboxylic acids is 4. The molecule has 0 aromatic heterocycles. The third-order valence-electron chi connectivity index (χ3n) is 9.58. The highest BCUT2D eigenvalue weighted by atomic mass is 127. The molecule has 0 radical (unpaired) electrons. The number of halogens is 5. The number of hydrogen-bond acceptors (Lipinski definition) is 6. The number of benzene rings is 3. The number of phenols is 1. The van der Waals surface area contributed by atoms with Gasteiger partial charge in [-0.25, -0.2) is 9.29 Å². The molecule has 0 bridgehead atoms. The summed E-state index contributed by atoms with van der Waals surface area (Å²) in [7, 11) is 1.38. The molecule has 8 nitrogen and oxygen atoms in total. The molecule has 2 aliphatic heterocycles. The molecule has 2 saturated heterocycles. The summed E-state index contributed by atoms with van der Waals surface area (Å²) >= 11 is 22.8. The van der Waals surface area contributed by atoms with Gasteiger partial charge in [-0.05, 0) is 108 Å². The van der Waals surface area contributed by atoms with Crippen LogP contribution in [0, 0.1) is 27.1 Å². The van der Waals surface area contributed by atoms with Gasteiger partial charge in [-0.1, -0.05) is 23.3 Å².